The summed E-state index contributed by atoms with van der Waals surface area (Å²) >= 11 is 5.99. The molecule has 1 radical (unpaired) electrons. The molecule has 1 aromatic rings. The zero-order valence-electron chi connectivity index (χ0n) is 6.05. The molecular formula is C10H8Cl. The number of hydrogen-bond acceptors (Lipinski definition) is 0. The van der Waals surface area contributed by atoms with E-state index in [1.807, 2.05) is 12.1 Å². The van der Waals surface area contributed by atoms with E-state index in [1.54, 1.807) is 0 Å². The molecule has 2 rings (SSSR count). The van der Waals surface area contributed by atoms with E-state index in [9.17, 15) is 0 Å². The predicted octanol–water partition coefficient (Wildman–Crippen LogP) is 3.00. The van der Waals surface area contributed by atoms with Crippen LogP contribution < -0.4 is 0 Å². The fourth-order valence-electron chi connectivity index (χ4n) is 1.30. The summed E-state index contributed by atoms with van der Waals surface area (Å²) in [5.41, 5.74) is 2.50. The molecule has 0 spiro atoms. The van der Waals surface area contributed by atoms with Crippen LogP contribution in [0.15, 0.2) is 30.4 Å². The van der Waals surface area contributed by atoms with Crippen molar-refractivity contribution in [3.63, 3.8) is 0 Å². The van der Waals surface area contributed by atoms with Crippen LogP contribution in [0.2, 0.25) is 5.02 Å². The van der Waals surface area contributed by atoms with Crippen LogP contribution >= 0.6 is 11.6 Å². The summed E-state index contributed by atoms with van der Waals surface area (Å²) in [4.78, 5) is 0. The molecule has 0 saturated heterocycles. The maximum atomic E-state index is 5.99. The van der Waals surface area contributed by atoms with Gasteiger partial charge in [0, 0.05) is 11.4 Å². The highest BCUT2D eigenvalue weighted by Gasteiger charge is 2.06. The number of fused-ring (bicyclic) bond motifs is 1. The fourth-order valence-corrected chi connectivity index (χ4v) is 1.56. The average molecular weight is 164 g/mol. The summed E-state index contributed by atoms with van der Waals surface area (Å²) in [6.07, 6.45) is 7.24. The standard InChI is InChI=1S/C10H8Cl/c11-10-7-3-5-8-4-1-2-6-9(8)10/h1-5,7H,6H2. The fraction of sp³-hybridized carbons (Fsp3) is 0.100. The number of allylic oxidation sites excluding steroid dienone is 2. The monoisotopic (exact) mass is 163 g/mol. The van der Waals surface area contributed by atoms with Crippen molar-refractivity contribution >= 4 is 11.6 Å². The van der Waals surface area contributed by atoms with Gasteiger partial charge in [0.2, 0.25) is 0 Å². The second-order valence-corrected chi connectivity index (χ2v) is 3.01. The smallest absolute Gasteiger partial charge is 0.0444 e. The summed E-state index contributed by atoms with van der Waals surface area (Å²) in [5, 5.41) is 0.878. The second-order valence-electron chi connectivity index (χ2n) is 2.61. The van der Waals surface area contributed by atoms with Gasteiger partial charge in [-0.1, -0.05) is 35.9 Å². The van der Waals surface area contributed by atoms with Crippen LogP contribution in [-0.4, -0.2) is 0 Å². The van der Waals surface area contributed by atoms with E-state index < -0.39 is 0 Å². The molecular weight excluding hydrogens is 156 g/mol. The highest BCUT2D eigenvalue weighted by Crippen LogP contribution is 2.25. The lowest BCUT2D eigenvalue weighted by atomic mass is 9.97. The average Bonchev–Trinajstić information content (AvgIpc) is 2.06. The first kappa shape index (κ1) is 6.93. The highest BCUT2D eigenvalue weighted by atomic mass is 35.5. The molecule has 0 saturated carbocycles. The Kier molecular flexibility index (Phi) is 1.71. The van der Waals surface area contributed by atoms with Gasteiger partial charge in [0.05, 0.1) is 0 Å². The molecule has 11 heavy (non-hydrogen) atoms. The van der Waals surface area contributed by atoms with Crippen LogP contribution in [0.3, 0.4) is 0 Å². The van der Waals surface area contributed by atoms with Crippen LogP contribution in [0, 0.1) is 6.42 Å². The second kappa shape index (κ2) is 2.71. The zero-order chi connectivity index (χ0) is 7.68. The number of hydrogen-bond donors (Lipinski definition) is 0. The molecule has 0 fully saturated rings. The minimum Gasteiger partial charge on any atom is -0.0840 e. The summed E-state index contributed by atoms with van der Waals surface area (Å²) in [7, 11) is 0. The Morgan fingerprint density at radius 2 is 2.18 bits per heavy atom. The van der Waals surface area contributed by atoms with E-state index in [1.165, 1.54) is 11.1 Å². The summed E-state index contributed by atoms with van der Waals surface area (Å²) < 4.78 is 0. The van der Waals surface area contributed by atoms with E-state index in [-0.39, 0.29) is 0 Å². The van der Waals surface area contributed by atoms with Gasteiger partial charge in [-0.25, -0.2) is 0 Å². The predicted molar refractivity (Wildman–Crippen MR) is 47.7 cm³/mol. The molecule has 0 amide bonds. The van der Waals surface area contributed by atoms with Crippen LogP contribution in [0.5, 0.6) is 0 Å². The SMILES string of the molecule is Clc1cccc2c1CC=C[CH]2. The summed E-state index contributed by atoms with van der Waals surface area (Å²) in [6, 6.07) is 6.01. The molecule has 1 heteroatoms. The van der Waals surface area contributed by atoms with Crippen LogP contribution in [0.1, 0.15) is 11.1 Å². The van der Waals surface area contributed by atoms with Crippen molar-refractivity contribution in [3.8, 4) is 0 Å². The molecule has 0 atom stereocenters. The molecule has 0 nitrogen and oxygen atoms in total. The first-order valence-electron chi connectivity index (χ1n) is 3.65. The summed E-state index contributed by atoms with van der Waals surface area (Å²) in [5.74, 6) is 0. The number of benzene rings is 1. The van der Waals surface area contributed by atoms with Gasteiger partial charge in [-0.2, -0.15) is 0 Å². The topological polar surface area (TPSA) is 0 Å². The van der Waals surface area contributed by atoms with E-state index in [4.69, 9.17) is 11.6 Å². The Labute approximate surface area is 71.5 Å². The molecule has 0 aromatic heterocycles. The highest BCUT2D eigenvalue weighted by molar-refractivity contribution is 6.31. The first-order valence-corrected chi connectivity index (χ1v) is 4.03. The molecule has 0 heterocycles. The lowest BCUT2D eigenvalue weighted by Gasteiger charge is -2.10. The first-order chi connectivity index (χ1) is 5.38. The van der Waals surface area contributed by atoms with Crippen LogP contribution in [0.25, 0.3) is 0 Å². The lowest BCUT2D eigenvalue weighted by Crippen LogP contribution is -1.95. The zero-order valence-corrected chi connectivity index (χ0v) is 6.81. The third-order valence-corrected chi connectivity index (χ3v) is 2.24. The minimum absolute atomic E-state index is 0.878. The van der Waals surface area contributed by atoms with Gasteiger partial charge >= 0.3 is 0 Å². The van der Waals surface area contributed by atoms with Gasteiger partial charge in [-0.05, 0) is 23.6 Å². The Hall–Kier alpha value is -0.750. The van der Waals surface area contributed by atoms with Crippen molar-refractivity contribution in [2.45, 2.75) is 6.42 Å². The number of rotatable bonds is 0. The van der Waals surface area contributed by atoms with Crippen molar-refractivity contribution in [1.82, 2.24) is 0 Å². The molecule has 1 aliphatic rings. The Morgan fingerprint density at radius 1 is 1.27 bits per heavy atom. The van der Waals surface area contributed by atoms with Crippen molar-refractivity contribution in [3.05, 3.63) is 52.9 Å². The molecule has 1 aromatic carbocycles. The Bertz CT molecular complexity index is 300. The Morgan fingerprint density at radius 3 is 3.00 bits per heavy atom. The van der Waals surface area contributed by atoms with Crippen LogP contribution in [-0.2, 0) is 6.42 Å². The van der Waals surface area contributed by atoms with E-state index >= 15 is 0 Å². The largest absolute Gasteiger partial charge is 0.0840 e. The van der Waals surface area contributed by atoms with Gasteiger partial charge in [0.15, 0.2) is 0 Å². The van der Waals surface area contributed by atoms with Gasteiger partial charge in [0.25, 0.3) is 0 Å². The molecule has 0 aliphatic heterocycles. The minimum atomic E-state index is 0.878. The molecule has 1 aliphatic carbocycles. The van der Waals surface area contributed by atoms with Crippen molar-refractivity contribution in [2.24, 2.45) is 0 Å². The van der Waals surface area contributed by atoms with Crippen molar-refractivity contribution in [2.75, 3.05) is 0 Å². The van der Waals surface area contributed by atoms with Crippen molar-refractivity contribution < 1.29 is 0 Å². The molecule has 0 N–H and O–H groups in total. The third kappa shape index (κ3) is 1.19. The van der Waals surface area contributed by atoms with Gasteiger partial charge < -0.3 is 0 Å². The molecule has 0 unspecified atom stereocenters. The number of halogens is 1. The van der Waals surface area contributed by atoms with E-state index in [2.05, 4.69) is 24.6 Å². The maximum absolute atomic E-state index is 5.99. The lowest BCUT2D eigenvalue weighted by molar-refractivity contribution is 1.19. The van der Waals surface area contributed by atoms with E-state index in [0.29, 0.717) is 0 Å². The Balaban J connectivity index is 2.54. The van der Waals surface area contributed by atoms with Gasteiger partial charge in [0.1, 0.15) is 0 Å². The molecule has 55 valence electrons. The van der Waals surface area contributed by atoms with Gasteiger partial charge in [-0.3, -0.25) is 0 Å². The van der Waals surface area contributed by atoms with E-state index in [0.717, 1.165) is 11.4 Å². The normalized spacial score (nSPS) is 14.6. The summed E-state index contributed by atoms with van der Waals surface area (Å²) in [6.45, 7) is 0. The van der Waals surface area contributed by atoms with Crippen molar-refractivity contribution in [1.29, 1.82) is 0 Å². The maximum Gasteiger partial charge on any atom is 0.0444 e. The van der Waals surface area contributed by atoms with Crippen LogP contribution in [0.4, 0.5) is 0 Å². The quantitative estimate of drug-likeness (QED) is 0.552. The third-order valence-electron chi connectivity index (χ3n) is 1.89. The van der Waals surface area contributed by atoms with Gasteiger partial charge in [-0.15, -0.1) is 0 Å². The molecule has 0 bridgehead atoms.